The van der Waals surface area contributed by atoms with E-state index in [0.717, 1.165) is 31.7 Å². The van der Waals surface area contributed by atoms with E-state index in [1.807, 2.05) is 0 Å². The van der Waals surface area contributed by atoms with Gasteiger partial charge in [0.15, 0.2) is 0 Å². The number of nitriles is 1. The molecule has 1 saturated heterocycles. The summed E-state index contributed by atoms with van der Waals surface area (Å²) >= 11 is 0. The molecule has 0 saturated carbocycles. The summed E-state index contributed by atoms with van der Waals surface area (Å²) in [6.07, 6.45) is 4.30. The minimum Gasteiger partial charge on any atom is -0.303 e. The second kappa shape index (κ2) is 7.11. The van der Waals surface area contributed by atoms with E-state index >= 15 is 0 Å². The van der Waals surface area contributed by atoms with Gasteiger partial charge in [0.1, 0.15) is 5.54 Å². The zero-order valence-electron chi connectivity index (χ0n) is 12.5. The molecule has 1 aliphatic heterocycles. The molecule has 18 heavy (non-hydrogen) atoms. The minimum absolute atomic E-state index is 0.320. The van der Waals surface area contributed by atoms with Gasteiger partial charge in [-0.3, -0.25) is 5.32 Å². The Balaban J connectivity index is 2.36. The third-order valence-corrected chi connectivity index (χ3v) is 3.97. The molecule has 0 amide bonds. The molecule has 0 aromatic rings. The van der Waals surface area contributed by atoms with E-state index < -0.39 is 0 Å². The predicted octanol–water partition coefficient (Wildman–Crippen LogP) is 2.78. The molecule has 3 heteroatoms. The molecule has 0 spiro atoms. The molecule has 0 aromatic carbocycles. The third-order valence-electron chi connectivity index (χ3n) is 3.97. The Morgan fingerprint density at radius 3 is 2.67 bits per heavy atom. The first kappa shape index (κ1) is 15.5. The summed E-state index contributed by atoms with van der Waals surface area (Å²) in [6, 6.07) is 2.87. The maximum Gasteiger partial charge on any atom is 0.106 e. The summed E-state index contributed by atoms with van der Waals surface area (Å²) < 4.78 is 0. The maximum absolute atomic E-state index is 9.43. The van der Waals surface area contributed by atoms with Gasteiger partial charge in [-0.2, -0.15) is 5.26 Å². The van der Waals surface area contributed by atoms with E-state index in [-0.39, 0.29) is 5.54 Å². The Hall–Kier alpha value is -0.590. The molecule has 1 heterocycles. The van der Waals surface area contributed by atoms with E-state index in [1.165, 1.54) is 19.5 Å². The summed E-state index contributed by atoms with van der Waals surface area (Å²) in [6.45, 7) is 12.3. The zero-order valence-corrected chi connectivity index (χ0v) is 12.5. The van der Waals surface area contributed by atoms with Crippen molar-refractivity contribution in [3.8, 4) is 6.07 Å². The molecule has 0 radical (unpaired) electrons. The quantitative estimate of drug-likeness (QED) is 0.756. The number of likely N-dealkylation sites (tertiary alicyclic amines) is 1. The molecule has 0 bridgehead atoms. The smallest absolute Gasteiger partial charge is 0.106 e. The Morgan fingerprint density at radius 1 is 1.50 bits per heavy atom. The van der Waals surface area contributed by atoms with Crippen molar-refractivity contribution < 1.29 is 0 Å². The van der Waals surface area contributed by atoms with Crippen LogP contribution in [0.1, 0.15) is 53.4 Å². The van der Waals surface area contributed by atoms with Gasteiger partial charge >= 0.3 is 0 Å². The van der Waals surface area contributed by atoms with Crippen LogP contribution in [0.25, 0.3) is 0 Å². The largest absolute Gasteiger partial charge is 0.303 e. The van der Waals surface area contributed by atoms with E-state index in [0.29, 0.717) is 6.04 Å². The van der Waals surface area contributed by atoms with Crippen molar-refractivity contribution in [2.24, 2.45) is 5.92 Å². The lowest BCUT2D eigenvalue weighted by molar-refractivity contribution is 0.281. The van der Waals surface area contributed by atoms with Crippen LogP contribution in [0.2, 0.25) is 0 Å². The van der Waals surface area contributed by atoms with Crippen LogP contribution in [0, 0.1) is 17.2 Å². The lowest BCUT2D eigenvalue weighted by atomic mass is 9.91. The van der Waals surface area contributed by atoms with Gasteiger partial charge in [0.05, 0.1) is 6.07 Å². The molecular formula is C15H29N3. The highest BCUT2D eigenvalue weighted by Gasteiger charge is 2.28. The van der Waals surface area contributed by atoms with Crippen molar-refractivity contribution in [3.63, 3.8) is 0 Å². The minimum atomic E-state index is -0.320. The normalized spacial score (nSPS) is 24.1. The first-order valence-electron chi connectivity index (χ1n) is 7.42. The summed E-state index contributed by atoms with van der Waals surface area (Å²) in [5.74, 6) is 0.852. The molecule has 3 nitrogen and oxygen atoms in total. The molecule has 1 N–H and O–H groups in total. The third kappa shape index (κ3) is 4.59. The van der Waals surface area contributed by atoms with Gasteiger partial charge < -0.3 is 4.90 Å². The Morgan fingerprint density at radius 2 is 2.22 bits per heavy atom. The van der Waals surface area contributed by atoms with Crippen LogP contribution in [0.15, 0.2) is 0 Å². The van der Waals surface area contributed by atoms with Gasteiger partial charge in [-0.15, -0.1) is 0 Å². The molecule has 1 aliphatic rings. The maximum atomic E-state index is 9.43. The fourth-order valence-electron chi connectivity index (χ4n) is 2.90. The molecule has 1 fully saturated rings. The summed E-state index contributed by atoms with van der Waals surface area (Å²) in [4.78, 5) is 2.54. The average Bonchev–Trinajstić information content (AvgIpc) is 2.73. The molecule has 1 rings (SSSR count). The van der Waals surface area contributed by atoms with Crippen LogP contribution >= 0.6 is 0 Å². The number of nitrogens with zero attached hydrogens (tertiary/aromatic N) is 2. The highest BCUT2D eigenvalue weighted by atomic mass is 15.1. The van der Waals surface area contributed by atoms with Crippen molar-refractivity contribution >= 4 is 0 Å². The van der Waals surface area contributed by atoms with Crippen LogP contribution in [0.5, 0.6) is 0 Å². The van der Waals surface area contributed by atoms with Gasteiger partial charge in [0, 0.05) is 12.6 Å². The summed E-state index contributed by atoms with van der Waals surface area (Å²) in [7, 11) is 0. The highest BCUT2D eigenvalue weighted by molar-refractivity contribution is 5.06. The number of hydrogen-bond acceptors (Lipinski definition) is 3. The molecular weight excluding hydrogens is 222 g/mol. The van der Waals surface area contributed by atoms with Crippen LogP contribution in [0.4, 0.5) is 0 Å². The lowest BCUT2D eigenvalue weighted by Gasteiger charge is -2.29. The van der Waals surface area contributed by atoms with Gasteiger partial charge in [0.25, 0.3) is 0 Å². The van der Waals surface area contributed by atoms with Crippen molar-refractivity contribution in [3.05, 3.63) is 0 Å². The Bertz CT molecular complexity index is 282. The molecule has 2 unspecified atom stereocenters. The molecule has 2 atom stereocenters. The van der Waals surface area contributed by atoms with Crippen LogP contribution in [-0.4, -0.2) is 36.1 Å². The number of rotatable bonds is 7. The Labute approximate surface area is 113 Å². The average molecular weight is 251 g/mol. The van der Waals surface area contributed by atoms with Gasteiger partial charge in [-0.1, -0.05) is 13.8 Å². The SMILES string of the molecule is CCC(C#N)(CCCN1CCC(C)C1)NC(C)C. The lowest BCUT2D eigenvalue weighted by Crippen LogP contribution is -2.47. The number of hydrogen-bond donors (Lipinski definition) is 1. The molecule has 0 aromatic heterocycles. The first-order chi connectivity index (χ1) is 8.51. The second-order valence-electron chi connectivity index (χ2n) is 6.14. The van der Waals surface area contributed by atoms with Crippen molar-refractivity contribution in [2.45, 2.75) is 65.0 Å². The van der Waals surface area contributed by atoms with Crippen molar-refractivity contribution in [1.29, 1.82) is 5.26 Å². The number of nitrogens with one attached hydrogen (secondary N) is 1. The molecule has 104 valence electrons. The van der Waals surface area contributed by atoms with Crippen LogP contribution in [-0.2, 0) is 0 Å². The van der Waals surface area contributed by atoms with E-state index in [1.54, 1.807) is 0 Å². The van der Waals surface area contributed by atoms with Gasteiger partial charge in [-0.05, 0) is 58.5 Å². The summed E-state index contributed by atoms with van der Waals surface area (Å²) in [5.41, 5.74) is -0.320. The van der Waals surface area contributed by atoms with E-state index in [9.17, 15) is 5.26 Å². The van der Waals surface area contributed by atoms with Crippen LogP contribution in [0.3, 0.4) is 0 Å². The first-order valence-corrected chi connectivity index (χ1v) is 7.42. The van der Waals surface area contributed by atoms with E-state index in [4.69, 9.17) is 0 Å². The van der Waals surface area contributed by atoms with Crippen molar-refractivity contribution in [2.75, 3.05) is 19.6 Å². The van der Waals surface area contributed by atoms with Gasteiger partial charge in [0.2, 0.25) is 0 Å². The molecule has 0 aliphatic carbocycles. The Kier molecular flexibility index (Phi) is 6.11. The van der Waals surface area contributed by atoms with Crippen molar-refractivity contribution in [1.82, 2.24) is 10.2 Å². The summed E-state index contributed by atoms with van der Waals surface area (Å²) in [5, 5.41) is 12.9. The zero-order chi connectivity index (χ0) is 13.6. The van der Waals surface area contributed by atoms with Crippen LogP contribution < -0.4 is 5.32 Å². The topological polar surface area (TPSA) is 39.1 Å². The fourth-order valence-corrected chi connectivity index (χ4v) is 2.90. The van der Waals surface area contributed by atoms with Gasteiger partial charge in [-0.25, -0.2) is 0 Å². The fraction of sp³-hybridized carbons (Fsp3) is 0.933. The monoisotopic (exact) mass is 251 g/mol. The standard InChI is InChI=1S/C15H29N3/c1-5-15(12-16,17-13(2)3)8-6-9-18-10-7-14(4)11-18/h13-14,17H,5-11H2,1-4H3. The highest BCUT2D eigenvalue weighted by Crippen LogP contribution is 2.20. The van der Waals surface area contributed by atoms with E-state index in [2.05, 4.69) is 44.0 Å². The second-order valence-corrected chi connectivity index (χ2v) is 6.14. The predicted molar refractivity (Wildman–Crippen MR) is 76.4 cm³/mol.